The van der Waals surface area contributed by atoms with Gasteiger partial charge in [-0.25, -0.2) is 8.42 Å². The third kappa shape index (κ3) is 7.67. The zero-order valence-corrected chi connectivity index (χ0v) is 20.8. The van der Waals surface area contributed by atoms with Crippen molar-refractivity contribution in [3.05, 3.63) is 48.0 Å². The molecule has 0 heterocycles. The number of phenolic OH excluding ortho intramolecular Hbond substituents is 1. The van der Waals surface area contributed by atoms with Gasteiger partial charge in [0.05, 0.1) is 10.6 Å². The lowest BCUT2D eigenvalue weighted by molar-refractivity contribution is 0.380. The third-order valence-corrected chi connectivity index (χ3v) is 6.33. The molecule has 190 valence electrons. The standard InChI is InChI=1S/C19H19N3O6S2.H2O4S/c1-11-7-12-9-16(30(26,27)28)18(19(23)17(12)15(8-11)20-2)22-21-13-5-4-6-14(10-13)29(3,24)25;1-5(2,3)4/h4-10,20,23H,1-3H3,(H,26,27,28);(H2,1,2,3,4). The van der Waals surface area contributed by atoms with Crippen molar-refractivity contribution < 1.29 is 44.0 Å². The van der Waals surface area contributed by atoms with Crippen LogP contribution in [0.5, 0.6) is 5.75 Å². The van der Waals surface area contributed by atoms with Gasteiger partial charge in [0.1, 0.15) is 10.6 Å². The second kappa shape index (κ2) is 10.2. The van der Waals surface area contributed by atoms with Gasteiger partial charge in [-0.3, -0.25) is 13.7 Å². The summed E-state index contributed by atoms with van der Waals surface area (Å²) in [6, 6.07) is 10.2. The lowest BCUT2D eigenvalue weighted by Gasteiger charge is -2.13. The minimum Gasteiger partial charge on any atom is -0.505 e. The topological polar surface area (TPSA) is 220 Å². The number of nitrogens with one attached hydrogen (secondary N) is 1. The van der Waals surface area contributed by atoms with Crippen molar-refractivity contribution in [1.82, 2.24) is 0 Å². The average molecular weight is 548 g/mol. The van der Waals surface area contributed by atoms with E-state index in [1.165, 1.54) is 30.3 Å². The molecule has 35 heavy (non-hydrogen) atoms. The van der Waals surface area contributed by atoms with E-state index >= 15 is 0 Å². The molecule has 0 aliphatic heterocycles. The predicted octanol–water partition coefficient (Wildman–Crippen LogP) is 3.31. The van der Waals surface area contributed by atoms with Gasteiger partial charge in [-0.1, -0.05) is 12.1 Å². The van der Waals surface area contributed by atoms with Crippen LogP contribution in [0.25, 0.3) is 10.8 Å². The van der Waals surface area contributed by atoms with Crippen LogP contribution in [0.4, 0.5) is 17.1 Å². The molecule has 5 N–H and O–H groups in total. The molecule has 16 heteroatoms. The molecule has 0 saturated carbocycles. The quantitative estimate of drug-likeness (QED) is 0.230. The number of aryl methyl sites for hydroxylation is 1. The van der Waals surface area contributed by atoms with Crippen LogP contribution in [-0.4, -0.2) is 57.3 Å². The molecule has 3 aromatic carbocycles. The number of sulfone groups is 1. The van der Waals surface area contributed by atoms with E-state index in [9.17, 15) is 26.5 Å². The Kier molecular flexibility index (Phi) is 8.21. The first-order valence-corrected chi connectivity index (χ1v) is 14.0. The summed E-state index contributed by atoms with van der Waals surface area (Å²) in [6.45, 7) is 1.80. The third-order valence-electron chi connectivity index (χ3n) is 4.35. The van der Waals surface area contributed by atoms with E-state index in [0.29, 0.717) is 16.5 Å². The molecule has 3 aromatic rings. The molecule has 13 nitrogen and oxygen atoms in total. The van der Waals surface area contributed by atoms with Crippen molar-refractivity contribution in [2.75, 3.05) is 18.6 Å². The summed E-state index contributed by atoms with van der Waals surface area (Å²) in [5, 5.41) is 22.1. The van der Waals surface area contributed by atoms with E-state index in [0.717, 1.165) is 11.8 Å². The number of benzene rings is 3. The minimum atomic E-state index is -4.75. The number of hydrogen-bond donors (Lipinski definition) is 5. The smallest absolute Gasteiger partial charge is 0.394 e. The highest BCUT2D eigenvalue weighted by molar-refractivity contribution is 7.90. The Morgan fingerprint density at radius 1 is 0.886 bits per heavy atom. The highest BCUT2D eigenvalue weighted by Gasteiger charge is 2.23. The molecule has 0 bridgehead atoms. The van der Waals surface area contributed by atoms with E-state index in [1.807, 2.05) is 0 Å². The average Bonchev–Trinajstić information content (AvgIpc) is 2.69. The molecule has 0 unspecified atom stereocenters. The maximum absolute atomic E-state index is 11.9. The van der Waals surface area contributed by atoms with Gasteiger partial charge < -0.3 is 10.4 Å². The van der Waals surface area contributed by atoms with Gasteiger partial charge in [-0.05, 0) is 48.2 Å². The van der Waals surface area contributed by atoms with Gasteiger partial charge in [0.2, 0.25) is 0 Å². The molecular weight excluding hydrogens is 526 g/mol. The van der Waals surface area contributed by atoms with Crippen LogP contribution in [0, 0.1) is 6.92 Å². The number of rotatable bonds is 5. The summed E-state index contributed by atoms with van der Waals surface area (Å²) in [6.07, 6.45) is 1.04. The second-order valence-electron chi connectivity index (χ2n) is 7.12. The maximum Gasteiger partial charge on any atom is 0.394 e. The fourth-order valence-corrected chi connectivity index (χ4v) is 4.33. The van der Waals surface area contributed by atoms with Crippen molar-refractivity contribution in [3.8, 4) is 5.75 Å². The van der Waals surface area contributed by atoms with Crippen molar-refractivity contribution in [1.29, 1.82) is 0 Å². The number of anilines is 1. The Labute approximate surface area is 201 Å². The SMILES string of the molecule is CNc1cc(C)cc2cc(S(=O)(=O)O)c(N=Nc3cccc(S(C)(=O)=O)c3)c(O)c12.O=S(=O)(O)O. The normalized spacial score (nSPS) is 12.4. The lowest BCUT2D eigenvalue weighted by Crippen LogP contribution is -2.00. The summed E-state index contributed by atoms with van der Waals surface area (Å²) in [5.41, 5.74) is 0.992. The minimum absolute atomic E-state index is 0.00429. The molecule has 0 radical (unpaired) electrons. The summed E-state index contributed by atoms with van der Waals surface area (Å²) < 4.78 is 88.5. The van der Waals surface area contributed by atoms with Crippen LogP contribution < -0.4 is 5.32 Å². The maximum atomic E-state index is 11.9. The van der Waals surface area contributed by atoms with Crippen LogP contribution in [0.1, 0.15) is 5.56 Å². The molecule has 0 atom stereocenters. The largest absolute Gasteiger partial charge is 0.505 e. The fourth-order valence-electron chi connectivity index (χ4n) is 3.01. The van der Waals surface area contributed by atoms with Gasteiger partial charge >= 0.3 is 10.4 Å². The molecule has 0 aliphatic carbocycles. The molecule has 0 aromatic heterocycles. The van der Waals surface area contributed by atoms with Gasteiger partial charge in [0.15, 0.2) is 15.6 Å². The number of fused-ring (bicyclic) bond motifs is 1. The molecule has 3 rings (SSSR count). The predicted molar refractivity (Wildman–Crippen MR) is 128 cm³/mol. The highest BCUT2D eigenvalue weighted by Crippen LogP contribution is 2.44. The lowest BCUT2D eigenvalue weighted by atomic mass is 10.0. The van der Waals surface area contributed by atoms with Crippen LogP contribution >= 0.6 is 0 Å². The van der Waals surface area contributed by atoms with E-state index in [1.54, 1.807) is 26.1 Å². The molecule has 0 spiro atoms. The van der Waals surface area contributed by atoms with Crippen molar-refractivity contribution >= 4 is 58.2 Å². The van der Waals surface area contributed by atoms with Gasteiger partial charge in [0.25, 0.3) is 10.1 Å². The molecular formula is C19H21N3O10S3. The fraction of sp³-hybridized carbons (Fsp3) is 0.158. The number of hydrogen-bond acceptors (Lipinski definition) is 10. The van der Waals surface area contributed by atoms with Crippen LogP contribution in [0.3, 0.4) is 0 Å². The molecule has 0 aliphatic rings. The van der Waals surface area contributed by atoms with Crippen LogP contribution in [-0.2, 0) is 30.4 Å². The van der Waals surface area contributed by atoms with Gasteiger partial charge in [-0.2, -0.15) is 21.9 Å². The van der Waals surface area contributed by atoms with Crippen molar-refractivity contribution in [2.45, 2.75) is 16.7 Å². The summed E-state index contributed by atoms with van der Waals surface area (Å²) in [7, 11) is -11.3. The van der Waals surface area contributed by atoms with Gasteiger partial charge in [-0.15, -0.1) is 5.11 Å². The van der Waals surface area contributed by atoms with E-state index in [-0.39, 0.29) is 10.6 Å². The number of phenols is 1. The summed E-state index contributed by atoms with van der Waals surface area (Å²) >= 11 is 0. The highest BCUT2D eigenvalue weighted by atomic mass is 32.3. The summed E-state index contributed by atoms with van der Waals surface area (Å²) in [5.74, 6) is -0.493. The molecule has 0 saturated heterocycles. The van der Waals surface area contributed by atoms with Crippen molar-refractivity contribution in [3.63, 3.8) is 0 Å². The van der Waals surface area contributed by atoms with Crippen LogP contribution in [0.2, 0.25) is 0 Å². The van der Waals surface area contributed by atoms with Crippen molar-refractivity contribution in [2.24, 2.45) is 10.2 Å². The first-order valence-electron chi connectivity index (χ1n) is 9.29. The number of aromatic hydroxyl groups is 1. The van der Waals surface area contributed by atoms with E-state index in [4.69, 9.17) is 17.5 Å². The Bertz CT molecular complexity index is 1620. The van der Waals surface area contributed by atoms with Crippen LogP contribution in [0.15, 0.2) is 62.5 Å². The molecule has 0 fully saturated rings. The second-order valence-corrected chi connectivity index (χ2v) is 11.4. The Morgan fingerprint density at radius 2 is 1.49 bits per heavy atom. The Morgan fingerprint density at radius 3 is 2.00 bits per heavy atom. The monoisotopic (exact) mass is 547 g/mol. The first-order chi connectivity index (χ1) is 15.9. The number of azo groups is 1. The number of nitrogens with zero attached hydrogens (tertiary/aromatic N) is 2. The first kappa shape index (κ1) is 28.1. The van der Waals surface area contributed by atoms with E-state index in [2.05, 4.69) is 15.5 Å². The zero-order valence-electron chi connectivity index (χ0n) is 18.4. The Hall–Kier alpha value is -3.15. The van der Waals surface area contributed by atoms with E-state index < -0.39 is 46.7 Å². The molecule has 0 amide bonds. The van der Waals surface area contributed by atoms with Gasteiger partial charge in [0, 0.05) is 24.4 Å². The Balaban J connectivity index is 0.000000784. The zero-order chi connectivity index (χ0) is 26.8. The summed E-state index contributed by atoms with van der Waals surface area (Å²) in [4.78, 5) is -0.618.